The summed E-state index contributed by atoms with van der Waals surface area (Å²) in [5.74, 6) is -1.79. The number of methoxy groups -OCH3 is 2. The summed E-state index contributed by atoms with van der Waals surface area (Å²) in [5, 5.41) is 16.5. The number of ether oxygens (including phenoxy) is 3. The predicted octanol–water partition coefficient (Wildman–Crippen LogP) is 2.75. The van der Waals surface area contributed by atoms with Crippen LogP contribution in [0.25, 0.3) is 0 Å². The highest BCUT2D eigenvalue weighted by molar-refractivity contribution is 5.99. The fraction of sp³-hybridized carbons (Fsp3) is 0.250. The molecule has 2 rings (SSSR count). The number of nitro groups is 1. The summed E-state index contributed by atoms with van der Waals surface area (Å²) in [6.45, 7) is 2.69. The van der Waals surface area contributed by atoms with E-state index in [-0.39, 0.29) is 23.0 Å². The Morgan fingerprint density at radius 2 is 1.48 bits per heavy atom. The smallest absolute Gasteiger partial charge is 0.346 e. The topological polar surface area (TPSA) is 146 Å². The van der Waals surface area contributed by atoms with Crippen LogP contribution >= 0.6 is 0 Å². The fourth-order valence-electron chi connectivity index (χ4n) is 2.54. The van der Waals surface area contributed by atoms with Crippen LogP contribution in [0.15, 0.2) is 36.4 Å². The minimum Gasteiger partial charge on any atom is -0.493 e. The number of anilines is 2. The van der Waals surface area contributed by atoms with Gasteiger partial charge in [0.25, 0.3) is 11.6 Å². The molecule has 0 aromatic heterocycles. The van der Waals surface area contributed by atoms with E-state index in [0.29, 0.717) is 11.4 Å². The number of hydrogen-bond acceptors (Lipinski definition) is 8. The molecule has 0 radical (unpaired) electrons. The van der Waals surface area contributed by atoms with E-state index < -0.39 is 28.6 Å². The van der Waals surface area contributed by atoms with Gasteiger partial charge < -0.3 is 24.8 Å². The Hall–Kier alpha value is -4.15. The molecule has 1 atom stereocenters. The number of hydrogen-bond donors (Lipinski definition) is 2. The molecule has 11 nitrogen and oxygen atoms in total. The molecule has 0 fully saturated rings. The largest absolute Gasteiger partial charge is 0.493 e. The lowest BCUT2D eigenvalue weighted by molar-refractivity contribution is -0.385. The predicted molar refractivity (Wildman–Crippen MR) is 110 cm³/mol. The van der Waals surface area contributed by atoms with E-state index in [9.17, 15) is 24.5 Å². The first-order valence-corrected chi connectivity index (χ1v) is 8.96. The number of carbonyl (C=O) groups excluding carboxylic acids is 3. The number of benzene rings is 2. The number of carbonyl (C=O) groups is 3. The van der Waals surface area contributed by atoms with Gasteiger partial charge in [-0.15, -0.1) is 0 Å². The first kappa shape index (κ1) is 23.1. The van der Waals surface area contributed by atoms with Crippen LogP contribution in [0.1, 0.15) is 24.2 Å². The molecule has 0 bridgehead atoms. The van der Waals surface area contributed by atoms with Crippen molar-refractivity contribution >= 4 is 34.8 Å². The van der Waals surface area contributed by atoms with Gasteiger partial charge in [0.1, 0.15) is 5.56 Å². The second-order valence-corrected chi connectivity index (χ2v) is 6.28. The Kier molecular flexibility index (Phi) is 7.50. The van der Waals surface area contributed by atoms with E-state index in [1.165, 1.54) is 28.1 Å². The van der Waals surface area contributed by atoms with Crippen LogP contribution < -0.4 is 20.1 Å². The van der Waals surface area contributed by atoms with E-state index >= 15 is 0 Å². The molecule has 2 aromatic rings. The summed E-state index contributed by atoms with van der Waals surface area (Å²) in [7, 11) is 2.61. The van der Waals surface area contributed by atoms with Crippen molar-refractivity contribution in [3.05, 3.63) is 52.1 Å². The Morgan fingerprint density at radius 1 is 0.968 bits per heavy atom. The van der Waals surface area contributed by atoms with Gasteiger partial charge in [-0.3, -0.25) is 19.7 Å². The molecular weight excluding hydrogens is 410 g/mol. The van der Waals surface area contributed by atoms with Crippen LogP contribution in [0.5, 0.6) is 11.5 Å². The molecule has 0 aliphatic rings. The van der Waals surface area contributed by atoms with Gasteiger partial charge in [-0.1, -0.05) is 0 Å². The minimum atomic E-state index is -1.25. The van der Waals surface area contributed by atoms with E-state index in [1.54, 1.807) is 24.3 Å². The molecule has 11 heteroatoms. The second-order valence-electron chi connectivity index (χ2n) is 6.28. The van der Waals surface area contributed by atoms with Crippen LogP contribution in [0.4, 0.5) is 17.1 Å². The average molecular weight is 431 g/mol. The second kappa shape index (κ2) is 10.1. The Bertz CT molecular complexity index is 1000. The lowest BCUT2D eigenvalue weighted by Crippen LogP contribution is -2.30. The molecule has 31 heavy (non-hydrogen) atoms. The summed E-state index contributed by atoms with van der Waals surface area (Å²) >= 11 is 0. The van der Waals surface area contributed by atoms with Crippen molar-refractivity contribution in [2.45, 2.75) is 20.0 Å². The van der Waals surface area contributed by atoms with Crippen molar-refractivity contribution in [2.75, 3.05) is 24.9 Å². The van der Waals surface area contributed by atoms with Crippen molar-refractivity contribution in [1.82, 2.24) is 0 Å². The van der Waals surface area contributed by atoms with Gasteiger partial charge in [-0.25, -0.2) is 4.79 Å². The normalized spacial score (nSPS) is 11.1. The van der Waals surface area contributed by atoms with Crippen LogP contribution in [-0.2, 0) is 14.3 Å². The van der Waals surface area contributed by atoms with Gasteiger partial charge >= 0.3 is 5.97 Å². The van der Waals surface area contributed by atoms with Crippen LogP contribution in [-0.4, -0.2) is 43.0 Å². The van der Waals surface area contributed by atoms with E-state index in [4.69, 9.17) is 14.2 Å². The number of esters is 1. The summed E-state index contributed by atoms with van der Waals surface area (Å²) in [6.07, 6.45) is -1.25. The number of nitrogens with one attached hydrogen (secondary N) is 2. The zero-order valence-electron chi connectivity index (χ0n) is 17.3. The number of nitrogens with zero attached hydrogens (tertiary/aromatic N) is 1. The van der Waals surface area contributed by atoms with Crippen LogP contribution in [0.3, 0.4) is 0 Å². The van der Waals surface area contributed by atoms with Crippen molar-refractivity contribution in [2.24, 2.45) is 0 Å². The lowest BCUT2D eigenvalue weighted by atomic mass is 10.1. The summed E-state index contributed by atoms with van der Waals surface area (Å²) in [5.41, 5.74) is 0.00983. The minimum absolute atomic E-state index is 0.0688. The standard InChI is InChI=1S/C20H21N3O8/c1-11(19(25)22-14-7-5-13(6-8-14)21-12(2)24)31-20(26)15-9-17(29-3)18(30-4)10-16(15)23(27)28/h5-11H,1-4H3,(H,21,24)(H,22,25)/t11-/m0/s1. The molecule has 2 amide bonds. The zero-order chi connectivity index (χ0) is 23.1. The average Bonchev–Trinajstić information content (AvgIpc) is 2.73. The van der Waals surface area contributed by atoms with Gasteiger partial charge in [0.15, 0.2) is 17.6 Å². The van der Waals surface area contributed by atoms with E-state index in [1.807, 2.05) is 0 Å². The number of rotatable bonds is 8. The Morgan fingerprint density at radius 3 is 1.97 bits per heavy atom. The van der Waals surface area contributed by atoms with Crippen molar-refractivity contribution in [3.63, 3.8) is 0 Å². The van der Waals surface area contributed by atoms with Gasteiger partial charge in [-0.05, 0) is 31.2 Å². The highest BCUT2D eigenvalue weighted by Crippen LogP contribution is 2.35. The lowest BCUT2D eigenvalue weighted by Gasteiger charge is -2.15. The SMILES string of the molecule is COc1cc(C(=O)O[C@@H](C)C(=O)Nc2ccc(NC(C)=O)cc2)c([N+](=O)[O-])cc1OC. The van der Waals surface area contributed by atoms with Crippen LogP contribution in [0, 0.1) is 10.1 Å². The molecule has 0 aliphatic heterocycles. The van der Waals surface area contributed by atoms with Crippen molar-refractivity contribution in [3.8, 4) is 11.5 Å². The maximum atomic E-state index is 12.5. The van der Waals surface area contributed by atoms with Gasteiger partial charge in [-0.2, -0.15) is 0 Å². The Balaban J connectivity index is 2.13. The summed E-state index contributed by atoms with van der Waals surface area (Å²) in [6, 6.07) is 8.43. The summed E-state index contributed by atoms with van der Waals surface area (Å²) in [4.78, 5) is 46.5. The van der Waals surface area contributed by atoms with Gasteiger partial charge in [0.2, 0.25) is 5.91 Å². The highest BCUT2D eigenvalue weighted by Gasteiger charge is 2.28. The van der Waals surface area contributed by atoms with Crippen LogP contribution in [0.2, 0.25) is 0 Å². The molecule has 0 saturated heterocycles. The molecule has 164 valence electrons. The van der Waals surface area contributed by atoms with Gasteiger partial charge in [0.05, 0.1) is 25.2 Å². The third kappa shape index (κ3) is 5.92. The Labute approximate surface area is 177 Å². The first-order valence-electron chi connectivity index (χ1n) is 8.96. The fourth-order valence-corrected chi connectivity index (χ4v) is 2.54. The number of amides is 2. The molecule has 0 saturated carbocycles. The number of nitro benzene ring substituents is 1. The molecule has 2 N–H and O–H groups in total. The maximum absolute atomic E-state index is 12.5. The maximum Gasteiger partial charge on any atom is 0.346 e. The third-order valence-electron chi connectivity index (χ3n) is 4.04. The third-order valence-corrected chi connectivity index (χ3v) is 4.04. The first-order chi connectivity index (χ1) is 14.7. The van der Waals surface area contributed by atoms with Crippen molar-refractivity contribution in [1.29, 1.82) is 0 Å². The molecule has 0 spiro atoms. The molecule has 2 aromatic carbocycles. The quantitative estimate of drug-likeness (QED) is 0.368. The van der Waals surface area contributed by atoms with E-state index in [0.717, 1.165) is 12.1 Å². The van der Waals surface area contributed by atoms with Crippen molar-refractivity contribution < 1.29 is 33.5 Å². The van der Waals surface area contributed by atoms with E-state index in [2.05, 4.69) is 10.6 Å². The molecule has 0 aliphatic carbocycles. The molecule has 0 heterocycles. The molecular formula is C20H21N3O8. The highest BCUT2D eigenvalue weighted by atomic mass is 16.6. The monoisotopic (exact) mass is 431 g/mol. The molecule has 0 unspecified atom stereocenters. The van der Waals surface area contributed by atoms with Gasteiger partial charge in [0, 0.05) is 24.4 Å². The summed E-state index contributed by atoms with van der Waals surface area (Å²) < 4.78 is 15.2. The zero-order valence-corrected chi connectivity index (χ0v) is 17.3.